The Hall–Kier alpha value is -2.72. The van der Waals surface area contributed by atoms with E-state index in [9.17, 15) is 4.79 Å². The summed E-state index contributed by atoms with van der Waals surface area (Å²) in [5.74, 6) is -0.0652. The first kappa shape index (κ1) is 20.2. The van der Waals surface area contributed by atoms with Gasteiger partial charge in [-0.1, -0.05) is 42.5 Å². The number of hydrogen-bond donors (Lipinski definition) is 1. The van der Waals surface area contributed by atoms with E-state index in [1.807, 2.05) is 33.0 Å². The van der Waals surface area contributed by atoms with E-state index in [-0.39, 0.29) is 11.4 Å². The second-order valence-electron chi connectivity index (χ2n) is 10.1. The molecule has 0 radical (unpaired) electrons. The predicted molar refractivity (Wildman–Crippen MR) is 124 cm³/mol. The third kappa shape index (κ3) is 3.43. The van der Waals surface area contributed by atoms with Crippen LogP contribution in [0.5, 0.6) is 0 Å². The molecule has 1 saturated heterocycles. The molecule has 0 amide bonds. The number of carbonyl (C=O) groups excluding carboxylic acids is 1. The molecule has 2 heterocycles. The highest BCUT2D eigenvalue weighted by molar-refractivity contribution is 5.90. The zero-order chi connectivity index (χ0) is 21.7. The van der Waals surface area contributed by atoms with Crippen LogP contribution in [0.25, 0.3) is 22.0 Å². The number of aromatic nitrogens is 1. The molecule has 2 aliphatic rings. The first-order valence-corrected chi connectivity index (χ1v) is 11.2. The van der Waals surface area contributed by atoms with Crippen molar-refractivity contribution in [3.63, 3.8) is 0 Å². The van der Waals surface area contributed by atoms with Crippen molar-refractivity contribution >= 4 is 16.9 Å². The number of pyridine rings is 1. The van der Waals surface area contributed by atoms with Crippen LogP contribution in [0.2, 0.25) is 0 Å². The molecule has 4 nitrogen and oxygen atoms in total. The van der Waals surface area contributed by atoms with Crippen molar-refractivity contribution < 1.29 is 9.53 Å². The summed E-state index contributed by atoms with van der Waals surface area (Å²) in [6, 6.07) is 18.9. The molecule has 3 aromatic rings. The van der Waals surface area contributed by atoms with Crippen molar-refractivity contribution in [1.29, 1.82) is 0 Å². The minimum absolute atomic E-state index is 0.0228. The van der Waals surface area contributed by atoms with Crippen LogP contribution in [-0.2, 0) is 14.9 Å². The highest BCUT2D eigenvalue weighted by Gasteiger charge is 2.73. The summed E-state index contributed by atoms with van der Waals surface area (Å²) in [4.78, 5) is 17.9. The van der Waals surface area contributed by atoms with Gasteiger partial charge in [0.05, 0.1) is 10.9 Å². The Morgan fingerprint density at radius 3 is 2.42 bits per heavy atom. The number of rotatable bonds is 3. The highest BCUT2D eigenvalue weighted by atomic mass is 16.6. The number of benzene rings is 2. The molecular weight excluding hydrogens is 384 g/mol. The summed E-state index contributed by atoms with van der Waals surface area (Å²) in [6.45, 7) is 7.78. The van der Waals surface area contributed by atoms with Crippen LogP contribution in [0.4, 0.5) is 0 Å². The second kappa shape index (κ2) is 7.16. The number of hydrogen-bond acceptors (Lipinski definition) is 4. The number of nitrogens with zero attached hydrogens (tertiary/aromatic N) is 1. The minimum atomic E-state index is -0.522. The summed E-state index contributed by atoms with van der Waals surface area (Å²) in [6.07, 6.45) is 4.75. The van der Waals surface area contributed by atoms with Crippen LogP contribution < -0.4 is 5.32 Å². The van der Waals surface area contributed by atoms with E-state index < -0.39 is 11.0 Å². The third-order valence-electron chi connectivity index (χ3n) is 7.01. The van der Waals surface area contributed by atoms with Crippen molar-refractivity contribution in [2.45, 2.75) is 51.0 Å². The fourth-order valence-corrected chi connectivity index (χ4v) is 5.35. The van der Waals surface area contributed by atoms with Crippen molar-refractivity contribution in [3.05, 3.63) is 66.4 Å². The van der Waals surface area contributed by atoms with Crippen LogP contribution in [0.3, 0.4) is 0 Å². The Morgan fingerprint density at radius 1 is 1.00 bits per heavy atom. The lowest BCUT2D eigenvalue weighted by Crippen LogP contribution is -2.40. The zero-order valence-electron chi connectivity index (χ0n) is 18.6. The van der Waals surface area contributed by atoms with Crippen LogP contribution in [0.1, 0.15) is 45.6 Å². The van der Waals surface area contributed by atoms with Gasteiger partial charge in [-0.05, 0) is 87.4 Å². The molecule has 31 heavy (non-hydrogen) atoms. The van der Waals surface area contributed by atoms with E-state index in [1.54, 1.807) is 0 Å². The normalized spacial score (nSPS) is 22.4. The van der Waals surface area contributed by atoms with Crippen LogP contribution in [0, 0.1) is 5.41 Å². The second-order valence-corrected chi connectivity index (χ2v) is 10.1. The highest BCUT2D eigenvalue weighted by Crippen LogP contribution is 2.69. The van der Waals surface area contributed by atoms with Gasteiger partial charge in [0.25, 0.3) is 0 Å². The van der Waals surface area contributed by atoms with Gasteiger partial charge < -0.3 is 10.1 Å². The molecule has 1 unspecified atom stereocenters. The molecule has 4 heteroatoms. The molecule has 1 aromatic heterocycles. The van der Waals surface area contributed by atoms with Crippen LogP contribution in [0.15, 0.2) is 60.8 Å². The number of fused-ring (bicyclic) bond motifs is 1. The van der Waals surface area contributed by atoms with Crippen molar-refractivity contribution in [1.82, 2.24) is 10.3 Å². The standard InChI is InChI=1S/C27H30N2O2/c1-25(2,3)31-24(30)27(18-26(27)12-15-28-16-13-26)22-10-8-19(9-11-22)21-7-6-20-5-4-14-29-23(20)17-21/h4-11,14,17,28H,12-13,15-16,18H2,1-3H3. The Balaban J connectivity index is 1.50. The van der Waals surface area contributed by atoms with Gasteiger partial charge in [-0.15, -0.1) is 0 Å². The molecule has 5 rings (SSSR count). The fraction of sp³-hybridized carbons (Fsp3) is 0.407. The van der Waals surface area contributed by atoms with E-state index >= 15 is 0 Å². The minimum Gasteiger partial charge on any atom is -0.459 e. The van der Waals surface area contributed by atoms with Crippen molar-refractivity contribution in [2.75, 3.05) is 13.1 Å². The third-order valence-corrected chi connectivity index (χ3v) is 7.01. The summed E-state index contributed by atoms with van der Waals surface area (Å²) in [5.41, 5.74) is 3.36. The van der Waals surface area contributed by atoms with Gasteiger partial charge in [0, 0.05) is 11.6 Å². The van der Waals surface area contributed by atoms with E-state index in [2.05, 4.69) is 58.8 Å². The van der Waals surface area contributed by atoms with Gasteiger partial charge in [0.15, 0.2) is 0 Å². The quantitative estimate of drug-likeness (QED) is 0.595. The first-order chi connectivity index (χ1) is 14.8. The smallest absolute Gasteiger partial charge is 0.317 e. The Morgan fingerprint density at radius 2 is 1.71 bits per heavy atom. The molecule has 2 fully saturated rings. The predicted octanol–water partition coefficient (Wildman–Crippen LogP) is 5.25. The summed E-state index contributed by atoms with van der Waals surface area (Å²) >= 11 is 0. The number of nitrogens with one attached hydrogen (secondary N) is 1. The van der Waals surface area contributed by atoms with Crippen molar-refractivity contribution in [2.24, 2.45) is 5.41 Å². The van der Waals surface area contributed by atoms with E-state index in [0.717, 1.165) is 59.9 Å². The molecule has 0 bridgehead atoms. The van der Waals surface area contributed by atoms with Gasteiger partial charge in [0.1, 0.15) is 5.60 Å². The first-order valence-electron chi connectivity index (χ1n) is 11.2. The summed E-state index contributed by atoms with van der Waals surface area (Å²) in [7, 11) is 0. The van der Waals surface area contributed by atoms with Crippen LogP contribution in [-0.4, -0.2) is 29.6 Å². The lowest BCUT2D eigenvalue weighted by Gasteiger charge is -2.31. The monoisotopic (exact) mass is 414 g/mol. The maximum atomic E-state index is 13.5. The number of esters is 1. The Kier molecular flexibility index (Phi) is 4.67. The Bertz CT molecular complexity index is 1120. The molecule has 1 saturated carbocycles. The van der Waals surface area contributed by atoms with Gasteiger partial charge in [-0.3, -0.25) is 9.78 Å². The molecule has 2 aromatic carbocycles. The lowest BCUT2D eigenvalue weighted by atomic mass is 9.80. The number of carbonyl (C=O) groups is 1. The molecule has 1 spiro atoms. The van der Waals surface area contributed by atoms with Crippen LogP contribution >= 0.6 is 0 Å². The largest absolute Gasteiger partial charge is 0.459 e. The average Bonchev–Trinajstić information content (AvgIpc) is 3.41. The van der Waals surface area contributed by atoms with E-state index in [1.165, 1.54) is 0 Å². The molecule has 1 aliphatic heterocycles. The fourth-order valence-electron chi connectivity index (χ4n) is 5.35. The van der Waals surface area contributed by atoms with E-state index in [0.29, 0.717) is 0 Å². The summed E-state index contributed by atoms with van der Waals surface area (Å²) < 4.78 is 5.94. The zero-order valence-corrected chi connectivity index (χ0v) is 18.6. The Labute approximate surface area is 184 Å². The lowest BCUT2D eigenvalue weighted by molar-refractivity contribution is -0.159. The number of piperidine rings is 1. The molecule has 1 atom stereocenters. The maximum Gasteiger partial charge on any atom is 0.317 e. The molecule has 1 aliphatic carbocycles. The summed E-state index contributed by atoms with van der Waals surface area (Å²) in [5, 5.41) is 4.58. The maximum absolute atomic E-state index is 13.5. The molecule has 1 N–H and O–H groups in total. The van der Waals surface area contributed by atoms with Crippen molar-refractivity contribution in [3.8, 4) is 11.1 Å². The van der Waals surface area contributed by atoms with Gasteiger partial charge in [0.2, 0.25) is 0 Å². The SMILES string of the molecule is CC(C)(C)OC(=O)C1(c2ccc(-c3ccc4cccnc4c3)cc2)CC12CCNCC2. The number of ether oxygens (including phenoxy) is 1. The van der Waals surface area contributed by atoms with Gasteiger partial charge in [-0.25, -0.2) is 0 Å². The average molecular weight is 415 g/mol. The molecule has 160 valence electrons. The topological polar surface area (TPSA) is 51.2 Å². The van der Waals surface area contributed by atoms with E-state index in [4.69, 9.17) is 4.74 Å². The molecular formula is C27H30N2O2. The van der Waals surface area contributed by atoms with Gasteiger partial charge in [-0.2, -0.15) is 0 Å². The van der Waals surface area contributed by atoms with Gasteiger partial charge >= 0.3 is 5.97 Å².